The van der Waals surface area contributed by atoms with E-state index in [1.54, 1.807) is 19.1 Å². The van der Waals surface area contributed by atoms with Crippen molar-refractivity contribution in [3.8, 4) is 0 Å². The van der Waals surface area contributed by atoms with Crippen molar-refractivity contribution in [2.75, 3.05) is 0 Å². The molecule has 1 atom stereocenters. The summed E-state index contributed by atoms with van der Waals surface area (Å²) in [4.78, 5) is 0. The Morgan fingerprint density at radius 1 is 1.26 bits per heavy atom. The molecule has 19 heavy (non-hydrogen) atoms. The molecule has 0 spiro atoms. The van der Waals surface area contributed by atoms with E-state index in [2.05, 4.69) is 4.72 Å². The fraction of sp³-hybridized carbons (Fsp3) is 0.231. The molecule has 0 saturated carbocycles. The van der Waals surface area contributed by atoms with Gasteiger partial charge in [0, 0.05) is 0 Å². The first-order chi connectivity index (χ1) is 8.96. The molecule has 1 N–H and O–H groups in total. The number of benzene rings is 1. The van der Waals surface area contributed by atoms with Crippen LogP contribution in [-0.2, 0) is 15.8 Å². The summed E-state index contributed by atoms with van der Waals surface area (Å²) in [6.07, 6.45) is 1.49. The summed E-state index contributed by atoms with van der Waals surface area (Å²) in [5, 5.41) is 0. The standard InChI is InChI=1S/C13H14FNO3S/c1-10(13-3-2-8-18-13)15-19(16,17)9-11-4-6-12(14)7-5-11/h2-8,10,15H,9H2,1H3. The molecule has 2 aromatic rings. The maximum atomic E-state index is 12.7. The Morgan fingerprint density at radius 3 is 2.53 bits per heavy atom. The molecule has 0 aliphatic carbocycles. The van der Waals surface area contributed by atoms with Crippen molar-refractivity contribution >= 4 is 10.0 Å². The van der Waals surface area contributed by atoms with E-state index in [-0.39, 0.29) is 5.75 Å². The lowest BCUT2D eigenvalue weighted by atomic mass is 10.2. The van der Waals surface area contributed by atoms with Crippen LogP contribution in [0.15, 0.2) is 47.1 Å². The largest absolute Gasteiger partial charge is 0.468 e. The predicted octanol–water partition coefficient (Wildman–Crippen LogP) is 2.60. The Labute approximate surface area is 111 Å². The maximum Gasteiger partial charge on any atom is 0.216 e. The Hall–Kier alpha value is -1.66. The first-order valence-electron chi connectivity index (χ1n) is 5.74. The molecule has 0 radical (unpaired) electrons. The molecule has 1 aromatic heterocycles. The first-order valence-corrected chi connectivity index (χ1v) is 7.39. The topological polar surface area (TPSA) is 59.3 Å². The third-order valence-electron chi connectivity index (χ3n) is 2.60. The predicted molar refractivity (Wildman–Crippen MR) is 69.3 cm³/mol. The lowest BCUT2D eigenvalue weighted by Gasteiger charge is -2.12. The van der Waals surface area contributed by atoms with E-state index < -0.39 is 21.9 Å². The van der Waals surface area contributed by atoms with Crippen molar-refractivity contribution in [3.63, 3.8) is 0 Å². The van der Waals surface area contributed by atoms with Crippen LogP contribution >= 0.6 is 0 Å². The van der Waals surface area contributed by atoms with Crippen molar-refractivity contribution in [1.82, 2.24) is 4.72 Å². The smallest absolute Gasteiger partial charge is 0.216 e. The van der Waals surface area contributed by atoms with Gasteiger partial charge in [0.05, 0.1) is 18.1 Å². The highest BCUT2D eigenvalue weighted by Gasteiger charge is 2.18. The molecule has 0 aliphatic rings. The van der Waals surface area contributed by atoms with Gasteiger partial charge in [-0.15, -0.1) is 0 Å². The van der Waals surface area contributed by atoms with Crippen LogP contribution in [0.2, 0.25) is 0 Å². The summed E-state index contributed by atoms with van der Waals surface area (Å²) in [5.74, 6) is -0.0426. The van der Waals surface area contributed by atoms with Crippen molar-refractivity contribution in [3.05, 3.63) is 59.8 Å². The zero-order valence-corrected chi connectivity index (χ0v) is 11.2. The number of hydrogen-bond donors (Lipinski definition) is 1. The van der Waals surface area contributed by atoms with E-state index in [9.17, 15) is 12.8 Å². The summed E-state index contributed by atoms with van der Waals surface area (Å²) < 4.78 is 44.3. The third kappa shape index (κ3) is 3.90. The summed E-state index contributed by atoms with van der Waals surface area (Å²) in [6.45, 7) is 1.70. The average molecular weight is 283 g/mol. The zero-order chi connectivity index (χ0) is 13.9. The lowest BCUT2D eigenvalue weighted by molar-refractivity contribution is 0.459. The molecule has 0 fully saturated rings. The fourth-order valence-electron chi connectivity index (χ4n) is 1.71. The van der Waals surface area contributed by atoms with Crippen molar-refractivity contribution in [1.29, 1.82) is 0 Å². The second-order valence-corrected chi connectivity index (χ2v) is 5.99. The molecule has 1 heterocycles. The summed E-state index contributed by atoms with van der Waals surface area (Å²) >= 11 is 0. The summed E-state index contributed by atoms with van der Waals surface area (Å²) in [7, 11) is -3.51. The molecule has 0 amide bonds. The Bertz CT molecular complexity index is 620. The minimum absolute atomic E-state index is 0.196. The molecule has 2 rings (SSSR count). The van der Waals surface area contributed by atoms with Crippen LogP contribution in [0.5, 0.6) is 0 Å². The summed E-state index contributed by atoms with van der Waals surface area (Å²) in [6, 6.07) is 8.32. The second-order valence-electron chi connectivity index (χ2n) is 4.24. The molecule has 1 unspecified atom stereocenters. The normalized spacial score (nSPS) is 13.4. The second kappa shape index (κ2) is 5.54. The molecule has 0 bridgehead atoms. The zero-order valence-electron chi connectivity index (χ0n) is 10.3. The minimum atomic E-state index is -3.51. The number of nitrogens with one attached hydrogen (secondary N) is 1. The monoisotopic (exact) mass is 283 g/mol. The quantitative estimate of drug-likeness (QED) is 0.917. The van der Waals surface area contributed by atoms with Crippen molar-refractivity contribution in [2.24, 2.45) is 0 Å². The molecular weight excluding hydrogens is 269 g/mol. The van der Waals surface area contributed by atoms with Gasteiger partial charge in [-0.05, 0) is 36.8 Å². The van der Waals surface area contributed by atoms with E-state index >= 15 is 0 Å². The van der Waals surface area contributed by atoms with E-state index in [1.165, 1.54) is 30.5 Å². The highest BCUT2D eigenvalue weighted by atomic mass is 32.2. The van der Waals surface area contributed by atoms with Crippen LogP contribution < -0.4 is 4.72 Å². The average Bonchev–Trinajstić information content (AvgIpc) is 2.85. The lowest BCUT2D eigenvalue weighted by Crippen LogP contribution is -2.27. The van der Waals surface area contributed by atoms with Crippen LogP contribution in [0.1, 0.15) is 24.3 Å². The van der Waals surface area contributed by atoms with Gasteiger partial charge in [-0.3, -0.25) is 0 Å². The van der Waals surface area contributed by atoms with E-state index in [4.69, 9.17) is 4.42 Å². The Morgan fingerprint density at radius 2 is 1.95 bits per heavy atom. The molecule has 4 nitrogen and oxygen atoms in total. The molecule has 102 valence electrons. The third-order valence-corrected chi connectivity index (χ3v) is 4.02. The number of halogens is 1. The fourth-order valence-corrected chi connectivity index (χ4v) is 3.08. The van der Waals surface area contributed by atoms with Gasteiger partial charge in [0.2, 0.25) is 10.0 Å². The summed E-state index contributed by atoms with van der Waals surface area (Å²) in [5.41, 5.74) is 0.528. The highest BCUT2D eigenvalue weighted by molar-refractivity contribution is 7.88. The minimum Gasteiger partial charge on any atom is -0.468 e. The van der Waals surface area contributed by atoms with Crippen LogP contribution in [-0.4, -0.2) is 8.42 Å². The Balaban J connectivity index is 2.04. The van der Waals surface area contributed by atoms with Crippen LogP contribution in [0.4, 0.5) is 4.39 Å². The van der Waals surface area contributed by atoms with Gasteiger partial charge in [-0.1, -0.05) is 12.1 Å². The number of rotatable bonds is 5. The molecule has 6 heteroatoms. The number of furan rings is 1. The molecule has 1 aromatic carbocycles. The maximum absolute atomic E-state index is 12.7. The van der Waals surface area contributed by atoms with Crippen LogP contribution in [0.3, 0.4) is 0 Å². The van der Waals surface area contributed by atoms with E-state index in [1.807, 2.05) is 0 Å². The van der Waals surface area contributed by atoms with E-state index in [0.717, 1.165) is 0 Å². The molecule has 0 aliphatic heterocycles. The van der Waals surface area contributed by atoms with Gasteiger partial charge < -0.3 is 4.42 Å². The van der Waals surface area contributed by atoms with Gasteiger partial charge in [0.1, 0.15) is 11.6 Å². The number of hydrogen-bond acceptors (Lipinski definition) is 3. The van der Waals surface area contributed by atoms with Gasteiger partial charge in [-0.25, -0.2) is 17.5 Å². The van der Waals surface area contributed by atoms with Gasteiger partial charge in [0.25, 0.3) is 0 Å². The van der Waals surface area contributed by atoms with Gasteiger partial charge in [0.15, 0.2) is 0 Å². The van der Waals surface area contributed by atoms with Gasteiger partial charge in [-0.2, -0.15) is 0 Å². The van der Waals surface area contributed by atoms with Crippen molar-refractivity contribution < 1.29 is 17.2 Å². The number of sulfonamides is 1. The van der Waals surface area contributed by atoms with Crippen molar-refractivity contribution in [2.45, 2.75) is 18.7 Å². The van der Waals surface area contributed by atoms with Gasteiger partial charge >= 0.3 is 0 Å². The molecule has 0 saturated heterocycles. The highest BCUT2D eigenvalue weighted by Crippen LogP contribution is 2.15. The first kappa shape index (κ1) is 13.8. The SMILES string of the molecule is CC(NS(=O)(=O)Cc1ccc(F)cc1)c1ccco1. The van der Waals surface area contributed by atoms with Crippen LogP contribution in [0.25, 0.3) is 0 Å². The van der Waals surface area contributed by atoms with Crippen LogP contribution in [0, 0.1) is 5.82 Å². The Kier molecular flexibility index (Phi) is 4.01. The molecular formula is C13H14FNO3S. The van der Waals surface area contributed by atoms with E-state index in [0.29, 0.717) is 11.3 Å².